The van der Waals surface area contributed by atoms with Crippen molar-refractivity contribution in [1.82, 2.24) is 4.98 Å². The molecule has 5 heteroatoms. The molecular weight excluding hydrogens is 210 g/mol. The molecule has 0 bridgehead atoms. The highest BCUT2D eigenvalue weighted by Gasteiger charge is 2.16. The number of nitrogens with two attached hydrogens (primary N) is 1. The molecule has 0 unspecified atom stereocenters. The van der Waals surface area contributed by atoms with E-state index in [9.17, 15) is 0 Å². The van der Waals surface area contributed by atoms with Crippen LogP contribution in [0.4, 0.5) is 5.69 Å². The van der Waals surface area contributed by atoms with E-state index in [-0.39, 0.29) is 0 Å². The fourth-order valence-corrected chi connectivity index (χ4v) is 1.80. The van der Waals surface area contributed by atoms with Crippen molar-refractivity contribution in [2.45, 2.75) is 0 Å². The Morgan fingerprint density at radius 1 is 1.47 bits per heavy atom. The molecule has 1 saturated heterocycles. The number of thiocarbonyl (C=S) groups is 1. The highest BCUT2D eigenvalue weighted by molar-refractivity contribution is 7.80. The largest absolute Gasteiger partial charge is 0.388 e. The van der Waals surface area contributed by atoms with Crippen LogP contribution in [0.5, 0.6) is 0 Å². The SMILES string of the molecule is NC(=S)c1ncccc1N1CCOCC1. The van der Waals surface area contributed by atoms with Gasteiger partial charge >= 0.3 is 0 Å². The van der Waals surface area contributed by atoms with Crippen molar-refractivity contribution in [1.29, 1.82) is 0 Å². The molecule has 0 radical (unpaired) electrons. The minimum Gasteiger partial charge on any atom is -0.388 e. The molecule has 4 nitrogen and oxygen atoms in total. The number of nitrogens with zero attached hydrogens (tertiary/aromatic N) is 2. The second-order valence-corrected chi connectivity index (χ2v) is 3.77. The standard InChI is InChI=1S/C10H13N3OS/c11-10(15)9-8(2-1-3-12-9)13-4-6-14-7-5-13/h1-3H,4-7H2,(H2,11,15). The third-order valence-corrected chi connectivity index (χ3v) is 2.56. The van der Waals surface area contributed by atoms with Crippen molar-refractivity contribution >= 4 is 22.9 Å². The Labute approximate surface area is 94.0 Å². The van der Waals surface area contributed by atoms with Crippen LogP contribution in [0.1, 0.15) is 5.69 Å². The lowest BCUT2D eigenvalue weighted by atomic mass is 10.2. The van der Waals surface area contributed by atoms with E-state index in [1.54, 1.807) is 6.20 Å². The van der Waals surface area contributed by atoms with Crippen molar-refractivity contribution in [3.63, 3.8) is 0 Å². The molecule has 15 heavy (non-hydrogen) atoms. The summed E-state index contributed by atoms with van der Waals surface area (Å²) in [5.41, 5.74) is 7.34. The van der Waals surface area contributed by atoms with Crippen LogP contribution in [-0.4, -0.2) is 36.3 Å². The Hall–Kier alpha value is -1.20. The van der Waals surface area contributed by atoms with E-state index in [2.05, 4.69) is 9.88 Å². The number of anilines is 1. The quantitative estimate of drug-likeness (QED) is 0.742. The van der Waals surface area contributed by atoms with Crippen molar-refractivity contribution in [2.24, 2.45) is 5.73 Å². The molecule has 0 amide bonds. The summed E-state index contributed by atoms with van der Waals surface area (Å²) < 4.78 is 5.30. The molecule has 1 aromatic rings. The molecule has 0 aliphatic carbocycles. The predicted molar refractivity (Wildman–Crippen MR) is 63.2 cm³/mol. The summed E-state index contributed by atoms with van der Waals surface area (Å²) in [7, 11) is 0. The fourth-order valence-electron chi connectivity index (χ4n) is 1.65. The van der Waals surface area contributed by atoms with Gasteiger partial charge in [0.2, 0.25) is 0 Å². The van der Waals surface area contributed by atoms with E-state index in [0.717, 1.165) is 32.0 Å². The summed E-state index contributed by atoms with van der Waals surface area (Å²) in [6, 6.07) is 3.89. The van der Waals surface area contributed by atoms with Gasteiger partial charge in [-0.3, -0.25) is 4.98 Å². The Bertz CT molecular complexity index is 363. The van der Waals surface area contributed by atoms with Crippen molar-refractivity contribution in [2.75, 3.05) is 31.2 Å². The van der Waals surface area contributed by atoms with Crippen molar-refractivity contribution < 1.29 is 4.74 Å². The third kappa shape index (κ3) is 2.24. The molecule has 2 N–H and O–H groups in total. The number of aromatic nitrogens is 1. The van der Waals surface area contributed by atoms with Gasteiger partial charge in [0.15, 0.2) is 0 Å². The maximum absolute atomic E-state index is 5.63. The summed E-state index contributed by atoms with van der Waals surface area (Å²) in [4.78, 5) is 6.75. The zero-order chi connectivity index (χ0) is 10.7. The first kappa shape index (κ1) is 10.3. The molecule has 2 rings (SSSR count). The number of pyridine rings is 1. The molecule has 0 saturated carbocycles. The van der Waals surface area contributed by atoms with Crippen LogP contribution >= 0.6 is 12.2 Å². The molecule has 80 valence electrons. The van der Waals surface area contributed by atoms with Gasteiger partial charge in [0.1, 0.15) is 10.7 Å². The van der Waals surface area contributed by atoms with Gasteiger partial charge in [-0.2, -0.15) is 0 Å². The van der Waals surface area contributed by atoms with E-state index in [0.29, 0.717) is 10.7 Å². The smallest absolute Gasteiger partial charge is 0.124 e. The highest BCUT2D eigenvalue weighted by atomic mass is 32.1. The first-order chi connectivity index (χ1) is 7.29. The number of rotatable bonds is 2. The maximum Gasteiger partial charge on any atom is 0.124 e. The van der Waals surface area contributed by atoms with E-state index in [1.165, 1.54) is 0 Å². The molecule has 0 atom stereocenters. The molecular formula is C10H13N3OS. The van der Waals surface area contributed by atoms with Crippen LogP contribution in [0.3, 0.4) is 0 Å². The van der Waals surface area contributed by atoms with Crippen LogP contribution in [0.25, 0.3) is 0 Å². The molecule has 1 aromatic heterocycles. The second kappa shape index (κ2) is 4.55. The Kier molecular flexibility index (Phi) is 3.13. The van der Waals surface area contributed by atoms with E-state index in [1.807, 2.05) is 12.1 Å². The number of ether oxygens (including phenoxy) is 1. The van der Waals surface area contributed by atoms with Crippen LogP contribution < -0.4 is 10.6 Å². The lowest BCUT2D eigenvalue weighted by molar-refractivity contribution is 0.122. The van der Waals surface area contributed by atoms with Gasteiger partial charge in [-0.25, -0.2) is 0 Å². The lowest BCUT2D eigenvalue weighted by Gasteiger charge is -2.29. The van der Waals surface area contributed by atoms with E-state index >= 15 is 0 Å². The molecule has 1 aliphatic heterocycles. The Balaban J connectivity index is 2.29. The monoisotopic (exact) mass is 223 g/mol. The zero-order valence-corrected chi connectivity index (χ0v) is 9.17. The third-order valence-electron chi connectivity index (χ3n) is 2.37. The lowest BCUT2D eigenvalue weighted by Crippen LogP contribution is -2.37. The zero-order valence-electron chi connectivity index (χ0n) is 8.35. The number of hydrogen-bond acceptors (Lipinski definition) is 4. The summed E-state index contributed by atoms with van der Waals surface area (Å²) >= 11 is 4.98. The second-order valence-electron chi connectivity index (χ2n) is 3.33. The van der Waals surface area contributed by atoms with Crippen LogP contribution in [0.15, 0.2) is 18.3 Å². The van der Waals surface area contributed by atoms with Crippen LogP contribution in [0.2, 0.25) is 0 Å². The minimum absolute atomic E-state index is 0.345. The molecule has 0 aromatic carbocycles. The normalized spacial score (nSPS) is 16.4. The van der Waals surface area contributed by atoms with Crippen LogP contribution in [0, 0.1) is 0 Å². The van der Waals surface area contributed by atoms with Gasteiger partial charge in [0.25, 0.3) is 0 Å². The summed E-state index contributed by atoms with van der Waals surface area (Å²) in [6.07, 6.45) is 1.71. The van der Waals surface area contributed by atoms with Gasteiger partial charge in [-0.1, -0.05) is 12.2 Å². The van der Waals surface area contributed by atoms with Gasteiger partial charge in [-0.15, -0.1) is 0 Å². The first-order valence-electron chi connectivity index (χ1n) is 4.86. The van der Waals surface area contributed by atoms with E-state index < -0.39 is 0 Å². The summed E-state index contributed by atoms with van der Waals surface area (Å²) in [5, 5.41) is 0. The highest BCUT2D eigenvalue weighted by Crippen LogP contribution is 2.19. The molecule has 1 aliphatic rings. The number of hydrogen-bond donors (Lipinski definition) is 1. The Morgan fingerprint density at radius 3 is 2.87 bits per heavy atom. The van der Waals surface area contributed by atoms with Gasteiger partial charge in [0.05, 0.1) is 18.9 Å². The van der Waals surface area contributed by atoms with Gasteiger partial charge < -0.3 is 15.4 Å². The van der Waals surface area contributed by atoms with Crippen molar-refractivity contribution in [3.05, 3.63) is 24.0 Å². The molecule has 1 fully saturated rings. The fraction of sp³-hybridized carbons (Fsp3) is 0.400. The average Bonchev–Trinajstić information content (AvgIpc) is 2.30. The molecule has 0 spiro atoms. The minimum atomic E-state index is 0.345. The maximum atomic E-state index is 5.63. The topological polar surface area (TPSA) is 51.4 Å². The van der Waals surface area contributed by atoms with Gasteiger partial charge in [0, 0.05) is 19.3 Å². The van der Waals surface area contributed by atoms with E-state index in [4.69, 9.17) is 22.7 Å². The first-order valence-corrected chi connectivity index (χ1v) is 5.27. The summed E-state index contributed by atoms with van der Waals surface area (Å²) in [5.74, 6) is 0. The molecule has 2 heterocycles. The van der Waals surface area contributed by atoms with Crippen molar-refractivity contribution in [3.8, 4) is 0 Å². The summed E-state index contributed by atoms with van der Waals surface area (Å²) in [6.45, 7) is 3.21. The average molecular weight is 223 g/mol. The van der Waals surface area contributed by atoms with Crippen LogP contribution in [-0.2, 0) is 4.74 Å². The predicted octanol–water partition coefficient (Wildman–Crippen LogP) is 0.552. The van der Waals surface area contributed by atoms with Gasteiger partial charge in [-0.05, 0) is 12.1 Å². The Morgan fingerprint density at radius 2 is 2.20 bits per heavy atom. The number of morpholine rings is 1.